The second kappa shape index (κ2) is 6.56. The number of alkyl halides is 3. The Morgan fingerprint density at radius 3 is 2.32 bits per heavy atom. The minimum absolute atomic E-state index is 0.126. The zero-order valence-corrected chi connectivity index (χ0v) is 11.9. The third-order valence-corrected chi connectivity index (χ3v) is 3.82. The smallest absolute Gasteiger partial charge is 0.416 e. The van der Waals surface area contributed by atoms with Gasteiger partial charge in [0.2, 0.25) is 0 Å². The van der Waals surface area contributed by atoms with Crippen LogP contribution >= 0.6 is 0 Å². The van der Waals surface area contributed by atoms with E-state index in [1.54, 1.807) is 0 Å². The van der Waals surface area contributed by atoms with Gasteiger partial charge in [0, 0.05) is 0 Å². The molecule has 1 aromatic rings. The first-order valence-electron chi connectivity index (χ1n) is 7.07. The van der Waals surface area contributed by atoms with Crippen molar-refractivity contribution in [2.45, 2.75) is 37.4 Å². The van der Waals surface area contributed by atoms with E-state index in [2.05, 4.69) is 5.32 Å². The molecule has 7 heteroatoms. The maximum absolute atomic E-state index is 12.4. The number of benzene rings is 1. The molecule has 1 saturated carbocycles. The van der Waals surface area contributed by atoms with Gasteiger partial charge in [0.15, 0.2) is 6.61 Å². The molecule has 0 saturated heterocycles. The van der Waals surface area contributed by atoms with Crippen molar-refractivity contribution < 1.29 is 27.8 Å². The molecule has 1 aromatic carbocycles. The van der Waals surface area contributed by atoms with Crippen LogP contribution < -0.4 is 10.1 Å². The lowest BCUT2D eigenvalue weighted by Gasteiger charge is -2.27. The normalized spacial score (nSPS) is 17.3. The van der Waals surface area contributed by atoms with Gasteiger partial charge in [-0.2, -0.15) is 13.2 Å². The molecule has 2 rings (SSSR count). The van der Waals surface area contributed by atoms with Gasteiger partial charge in [0.25, 0.3) is 5.91 Å². The van der Waals surface area contributed by atoms with E-state index < -0.39 is 23.2 Å². The third kappa shape index (κ3) is 4.13. The average molecular weight is 317 g/mol. The number of ether oxygens (including phenoxy) is 1. The maximum Gasteiger partial charge on any atom is 0.416 e. The highest BCUT2D eigenvalue weighted by molar-refractivity contribution is 5.78. The van der Waals surface area contributed by atoms with Crippen molar-refractivity contribution in [2.24, 2.45) is 0 Å². The first kappa shape index (κ1) is 16.6. The third-order valence-electron chi connectivity index (χ3n) is 3.82. The van der Waals surface area contributed by atoms with Crippen molar-refractivity contribution in [3.05, 3.63) is 29.8 Å². The summed E-state index contributed by atoms with van der Waals surface area (Å²) in [6.07, 6.45) is -1.07. The number of rotatable bonds is 5. The van der Waals surface area contributed by atoms with E-state index >= 15 is 0 Å². The van der Waals surface area contributed by atoms with Crippen LogP contribution in [-0.2, 0) is 11.0 Å². The zero-order chi connectivity index (χ0) is 16.2. The van der Waals surface area contributed by atoms with Gasteiger partial charge in [-0.25, -0.2) is 0 Å². The molecule has 0 spiro atoms. The Labute approximate surface area is 126 Å². The summed E-state index contributed by atoms with van der Waals surface area (Å²) in [5.74, 6) is -0.205. The van der Waals surface area contributed by atoms with Gasteiger partial charge >= 0.3 is 6.18 Å². The molecule has 1 fully saturated rings. The summed E-state index contributed by atoms with van der Waals surface area (Å²) in [7, 11) is 0. The Morgan fingerprint density at radius 2 is 1.82 bits per heavy atom. The lowest BCUT2D eigenvalue weighted by atomic mass is 9.99. The lowest BCUT2D eigenvalue weighted by Crippen LogP contribution is -2.50. The molecule has 1 aliphatic carbocycles. The fourth-order valence-corrected chi connectivity index (χ4v) is 2.60. The lowest BCUT2D eigenvalue weighted by molar-refractivity contribution is -0.137. The van der Waals surface area contributed by atoms with Gasteiger partial charge in [0.1, 0.15) is 5.75 Å². The van der Waals surface area contributed by atoms with E-state index in [1.165, 1.54) is 12.1 Å². The van der Waals surface area contributed by atoms with E-state index in [9.17, 15) is 23.1 Å². The topological polar surface area (TPSA) is 58.6 Å². The number of carbonyl (C=O) groups excluding carboxylic acids is 1. The molecule has 122 valence electrons. The fourth-order valence-electron chi connectivity index (χ4n) is 2.60. The van der Waals surface area contributed by atoms with Crippen LogP contribution in [0.1, 0.15) is 31.2 Å². The second-order valence-corrected chi connectivity index (χ2v) is 5.50. The summed E-state index contributed by atoms with van der Waals surface area (Å²) in [6.45, 7) is -0.424. The van der Waals surface area contributed by atoms with Gasteiger partial charge in [-0.1, -0.05) is 12.8 Å². The highest BCUT2D eigenvalue weighted by Crippen LogP contribution is 2.30. The first-order valence-corrected chi connectivity index (χ1v) is 7.07. The van der Waals surface area contributed by atoms with Crippen molar-refractivity contribution in [3.63, 3.8) is 0 Å². The number of carbonyl (C=O) groups is 1. The van der Waals surface area contributed by atoms with Crippen LogP contribution in [0.25, 0.3) is 0 Å². The average Bonchev–Trinajstić information content (AvgIpc) is 2.94. The highest BCUT2D eigenvalue weighted by Gasteiger charge is 2.34. The van der Waals surface area contributed by atoms with Gasteiger partial charge in [-0.15, -0.1) is 0 Å². The van der Waals surface area contributed by atoms with Gasteiger partial charge in [-0.3, -0.25) is 4.79 Å². The molecule has 2 N–H and O–H groups in total. The van der Waals surface area contributed by atoms with Crippen molar-refractivity contribution in [1.82, 2.24) is 5.32 Å². The molecule has 1 amide bonds. The minimum Gasteiger partial charge on any atom is -0.484 e. The van der Waals surface area contributed by atoms with Gasteiger partial charge in [0.05, 0.1) is 17.7 Å². The summed E-state index contributed by atoms with van der Waals surface area (Å²) in [5.41, 5.74) is -1.35. The molecule has 0 heterocycles. The van der Waals surface area contributed by atoms with Crippen molar-refractivity contribution in [1.29, 1.82) is 0 Å². The number of amides is 1. The number of hydrogen-bond acceptors (Lipinski definition) is 3. The van der Waals surface area contributed by atoms with E-state index in [4.69, 9.17) is 4.74 Å². The van der Waals surface area contributed by atoms with Gasteiger partial charge < -0.3 is 15.2 Å². The Kier molecular flexibility index (Phi) is 4.95. The Bertz CT molecular complexity index is 508. The number of nitrogens with one attached hydrogen (secondary N) is 1. The van der Waals surface area contributed by atoms with Crippen molar-refractivity contribution in [2.75, 3.05) is 13.2 Å². The van der Waals surface area contributed by atoms with E-state index in [1.807, 2.05) is 0 Å². The summed E-state index contributed by atoms with van der Waals surface area (Å²) in [4.78, 5) is 11.8. The molecule has 4 nitrogen and oxygen atoms in total. The van der Waals surface area contributed by atoms with E-state index in [0.29, 0.717) is 0 Å². The Morgan fingerprint density at radius 1 is 1.23 bits per heavy atom. The molecule has 22 heavy (non-hydrogen) atoms. The summed E-state index contributed by atoms with van der Waals surface area (Å²) >= 11 is 0. The summed E-state index contributed by atoms with van der Waals surface area (Å²) < 4.78 is 42.4. The zero-order valence-electron chi connectivity index (χ0n) is 11.9. The Hall–Kier alpha value is -1.76. The predicted molar refractivity (Wildman–Crippen MR) is 73.4 cm³/mol. The summed E-state index contributed by atoms with van der Waals surface area (Å²) in [6, 6.07) is 4.15. The largest absolute Gasteiger partial charge is 0.484 e. The molecule has 0 radical (unpaired) electrons. The maximum atomic E-state index is 12.4. The number of aliphatic hydroxyl groups is 1. The second-order valence-electron chi connectivity index (χ2n) is 5.50. The molecular weight excluding hydrogens is 299 g/mol. The van der Waals surface area contributed by atoms with Crippen LogP contribution in [0.2, 0.25) is 0 Å². The first-order chi connectivity index (χ1) is 10.3. The molecule has 0 aliphatic heterocycles. The highest BCUT2D eigenvalue weighted by atomic mass is 19.4. The molecule has 0 atom stereocenters. The molecule has 0 unspecified atom stereocenters. The van der Waals surface area contributed by atoms with E-state index in [-0.39, 0.29) is 19.0 Å². The number of halogens is 3. The standard InChI is InChI=1S/C15H18F3NO3/c16-15(17,18)11-3-5-12(6-4-11)22-9-13(21)19-14(10-20)7-1-2-8-14/h3-6,20H,1-2,7-10H2,(H,19,21). The fraction of sp³-hybridized carbons (Fsp3) is 0.533. The number of aliphatic hydroxyl groups excluding tert-OH is 1. The van der Waals surface area contributed by atoms with Crippen LogP contribution in [0.4, 0.5) is 13.2 Å². The summed E-state index contributed by atoms with van der Waals surface area (Å²) in [5, 5.41) is 12.1. The molecule has 0 bridgehead atoms. The van der Waals surface area contributed by atoms with Crippen LogP contribution in [0.3, 0.4) is 0 Å². The van der Waals surface area contributed by atoms with Crippen LogP contribution in [0.15, 0.2) is 24.3 Å². The monoisotopic (exact) mass is 317 g/mol. The van der Waals surface area contributed by atoms with Crippen LogP contribution in [0, 0.1) is 0 Å². The molecule has 1 aliphatic rings. The predicted octanol–water partition coefficient (Wildman–Crippen LogP) is 2.51. The van der Waals surface area contributed by atoms with Crippen molar-refractivity contribution >= 4 is 5.91 Å². The van der Waals surface area contributed by atoms with E-state index in [0.717, 1.165) is 37.8 Å². The SMILES string of the molecule is O=C(COc1ccc(C(F)(F)F)cc1)NC1(CO)CCCC1. The quantitative estimate of drug-likeness (QED) is 0.877. The van der Waals surface area contributed by atoms with Crippen LogP contribution in [-0.4, -0.2) is 29.8 Å². The van der Waals surface area contributed by atoms with Crippen LogP contribution in [0.5, 0.6) is 5.75 Å². The molecule has 0 aromatic heterocycles. The minimum atomic E-state index is -4.40. The molecular formula is C15H18F3NO3. The Balaban J connectivity index is 1.86. The van der Waals surface area contributed by atoms with Gasteiger partial charge in [-0.05, 0) is 37.1 Å². The van der Waals surface area contributed by atoms with Crippen molar-refractivity contribution in [3.8, 4) is 5.75 Å². The number of hydrogen-bond donors (Lipinski definition) is 2.